The number of rotatable bonds is 3. The van der Waals surface area contributed by atoms with Gasteiger partial charge in [-0.1, -0.05) is 27.7 Å². The van der Waals surface area contributed by atoms with Gasteiger partial charge in [-0.25, -0.2) is 0 Å². The van der Waals surface area contributed by atoms with Gasteiger partial charge in [0.05, 0.1) is 11.8 Å². The van der Waals surface area contributed by atoms with Gasteiger partial charge in [0.1, 0.15) is 0 Å². The molecule has 1 rings (SSSR count). The van der Waals surface area contributed by atoms with E-state index < -0.39 is 35.7 Å². The number of aliphatic carboxylic acids is 2. The second-order valence-electron chi connectivity index (χ2n) is 4.53. The maximum absolute atomic E-state index is 10.6. The van der Waals surface area contributed by atoms with Gasteiger partial charge in [0, 0.05) is 23.8 Å². The molecule has 9 heteroatoms. The number of carbonyl (C=O) groups excluding carboxylic acids is 4. The summed E-state index contributed by atoms with van der Waals surface area (Å²) in [5, 5.41) is 20.1. The fourth-order valence-electron chi connectivity index (χ4n) is 1.10. The maximum Gasteiger partial charge on any atom is 0.317 e. The van der Waals surface area contributed by atoms with Gasteiger partial charge in [0.2, 0.25) is 0 Å². The van der Waals surface area contributed by atoms with E-state index in [0.29, 0.717) is 0 Å². The summed E-state index contributed by atoms with van der Waals surface area (Å²) in [7, 11) is 0. The van der Waals surface area contributed by atoms with E-state index in [0.717, 1.165) is 0 Å². The second-order valence-corrected chi connectivity index (χ2v) is 4.53. The fraction of sp³-hybridized carbons (Fsp3) is 0.667. The monoisotopic (exact) mass is 308 g/mol. The van der Waals surface area contributed by atoms with Gasteiger partial charge in [-0.3, -0.25) is 9.59 Å². The van der Waals surface area contributed by atoms with E-state index in [2.05, 4.69) is 4.74 Å². The molecular weight excluding hydrogens is 284 g/mol. The summed E-state index contributed by atoms with van der Waals surface area (Å²) >= 11 is 0. The molecule has 0 amide bonds. The highest BCUT2D eigenvalue weighted by Gasteiger charge is 2.37. The number of quaternary nitrogens is 2. The van der Waals surface area contributed by atoms with Crippen LogP contribution in [0.5, 0.6) is 0 Å². The minimum absolute atomic E-state index is 0. The van der Waals surface area contributed by atoms with E-state index in [-0.39, 0.29) is 24.1 Å². The number of carboxylic acids is 2. The van der Waals surface area contributed by atoms with Gasteiger partial charge in [-0.15, -0.1) is 0 Å². The molecular formula is C12H24N2O7. The first-order chi connectivity index (χ1) is 8.59. The van der Waals surface area contributed by atoms with E-state index >= 15 is 0 Å². The van der Waals surface area contributed by atoms with Crippen molar-refractivity contribution in [3.05, 3.63) is 0 Å². The second kappa shape index (κ2) is 9.83. The first-order valence-electron chi connectivity index (χ1n) is 5.76. The summed E-state index contributed by atoms with van der Waals surface area (Å²) in [6, 6.07) is 0. The van der Waals surface area contributed by atoms with Gasteiger partial charge >= 0.3 is 11.9 Å². The maximum atomic E-state index is 10.6. The minimum atomic E-state index is -1.36. The Morgan fingerprint density at radius 3 is 1.24 bits per heavy atom. The standard InChI is InChI=1S/C6H10O4.C6H8O3.2H3N/c1-3(5(7)8)4(2)6(9)10;1-3-4(2)6(8)9-5(3)7;;/h3-4H,1-2H3,(H,7,8)(H,9,10);3-4H,1-2H3;2*1H3. The number of esters is 2. The minimum Gasteiger partial charge on any atom is -0.550 e. The summed E-state index contributed by atoms with van der Waals surface area (Å²) < 4.78 is 4.31. The quantitative estimate of drug-likeness (QED) is 0.484. The predicted octanol–water partition coefficient (Wildman–Crippen LogP) is -1.15. The van der Waals surface area contributed by atoms with Crippen LogP contribution in [-0.2, 0) is 23.9 Å². The molecule has 1 heterocycles. The molecule has 8 N–H and O–H groups in total. The van der Waals surface area contributed by atoms with Crippen LogP contribution in [0, 0.1) is 23.7 Å². The van der Waals surface area contributed by atoms with Crippen molar-refractivity contribution < 1.29 is 34.1 Å². The van der Waals surface area contributed by atoms with Crippen LogP contribution in [0.25, 0.3) is 0 Å². The van der Waals surface area contributed by atoms with Crippen molar-refractivity contribution in [2.24, 2.45) is 23.7 Å². The molecule has 0 aliphatic carbocycles. The molecule has 1 saturated heterocycles. The van der Waals surface area contributed by atoms with Crippen molar-refractivity contribution >= 4 is 23.9 Å². The summed E-state index contributed by atoms with van der Waals surface area (Å²) in [5.74, 6) is -6.02. The van der Waals surface area contributed by atoms with E-state index in [1.165, 1.54) is 13.8 Å². The van der Waals surface area contributed by atoms with E-state index in [9.17, 15) is 29.4 Å². The zero-order valence-electron chi connectivity index (χ0n) is 13.2. The van der Waals surface area contributed by atoms with Crippen molar-refractivity contribution in [1.82, 2.24) is 12.3 Å². The molecule has 0 radical (unpaired) electrons. The summed E-state index contributed by atoms with van der Waals surface area (Å²) in [4.78, 5) is 41.2. The Morgan fingerprint density at radius 2 is 1.14 bits per heavy atom. The summed E-state index contributed by atoms with van der Waals surface area (Å²) in [5.41, 5.74) is 0. The smallest absolute Gasteiger partial charge is 0.317 e. The highest BCUT2D eigenvalue weighted by atomic mass is 16.6. The third kappa shape index (κ3) is 6.82. The normalized spacial score (nSPS) is 22.5. The lowest BCUT2D eigenvalue weighted by Crippen LogP contribution is -2.41. The Bertz CT molecular complexity index is 361. The number of hydrogen-bond acceptors (Lipinski definition) is 7. The van der Waals surface area contributed by atoms with Crippen LogP contribution in [0.4, 0.5) is 0 Å². The molecule has 9 nitrogen and oxygen atoms in total. The van der Waals surface area contributed by atoms with Crippen molar-refractivity contribution in [3.63, 3.8) is 0 Å². The van der Waals surface area contributed by atoms with Crippen LogP contribution in [0.1, 0.15) is 27.7 Å². The van der Waals surface area contributed by atoms with Gasteiger partial charge in [0.15, 0.2) is 0 Å². The third-order valence-corrected chi connectivity index (χ3v) is 3.19. The molecule has 1 aliphatic rings. The zero-order valence-corrected chi connectivity index (χ0v) is 13.2. The molecule has 0 bridgehead atoms. The number of hydrogen-bond donors (Lipinski definition) is 2. The Kier molecular flexibility index (Phi) is 11.3. The van der Waals surface area contributed by atoms with Crippen molar-refractivity contribution in [2.45, 2.75) is 27.7 Å². The molecule has 0 spiro atoms. The first-order valence-corrected chi connectivity index (χ1v) is 5.76. The largest absolute Gasteiger partial charge is 0.550 e. The average Bonchev–Trinajstić information content (AvgIpc) is 2.55. The molecule has 1 aliphatic heterocycles. The van der Waals surface area contributed by atoms with Crippen LogP contribution >= 0.6 is 0 Å². The molecule has 0 aromatic carbocycles. The Labute approximate surface area is 122 Å². The number of cyclic esters (lactones) is 2. The molecule has 124 valence electrons. The molecule has 4 unspecified atom stereocenters. The Hall–Kier alpha value is -2.00. The summed E-state index contributed by atoms with van der Waals surface area (Å²) in [6.45, 7) is 5.93. The van der Waals surface area contributed by atoms with Crippen LogP contribution in [-0.4, -0.2) is 23.9 Å². The van der Waals surface area contributed by atoms with Crippen LogP contribution in [0.3, 0.4) is 0 Å². The number of ether oxygens (including phenoxy) is 1. The fourth-order valence-corrected chi connectivity index (χ4v) is 1.10. The first kappa shape index (κ1) is 24.0. The van der Waals surface area contributed by atoms with Crippen molar-refractivity contribution in [1.29, 1.82) is 0 Å². The molecule has 0 saturated carbocycles. The van der Waals surface area contributed by atoms with Gasteiger partial charge in [0.25, 0.3) is 0 Å². The topological polar surface area (TPSA) is 197 Å². The predicted molar refractivity (Wildman–Crippen MR) is 69.7 cm³/mol. The number of carbonyl (C=O) groups is 4. The SMILES string of the molecule is CC(C(=O)[O-])C(C)C(=O)[O-].CC1C(=O)OC(=O)C1C.[NH4+].[NH4+]. The van der Waals surface area contributed by atoms with Crippen LogP contribution in [0.15, 0.2) is 0 Å². The van der Waals surface area contributed by atoms with E-state index in [1.54, 1.807) is 13.8 Å². The lowest BCUT2D eigenvalue weighted by Gasteiger charge is -2.20. The van der Waals surface area contributed by atoms with E-state index in [4.69, 9.17) is 0 Å². The van der Waals surface area contributed by atoms with Crippen LogP contribution < -0.4 is 22.5 Å². The lowest BCUT2D eigenvalue weighted by molar-refractivity contribution is -0.325. The van der Waals surface area contributed by atoms with Gasteiger partial charge < -0.3 is 36.8 Å². The highest BCUT2D eigenvalue weighted by molar-refractivity contribution is 5.95. The molecule has 0 aromatic rings. The Balaban J connectivity index is -0.000000282. The Morgan fingerprint density at radius 1 is 0.905 bits per heavy atom. The highest BCUT2D eigenvalue weighted by Crippen LogP contribution is 2.21. The molecule has 21 heavy (non-hydrogen) atoms. The van der Waals surface area contributed by atoms with E-state index in [1.807, 2.05) is 0 Å². The lowest BCUT2D eigenvalue weighted by atomic mass is 9.97. The average molecular weight is 308 g/mol. The molecule has 1 fully saturated rings. The molecule has 4 atom stereocenters. The summed E-state index contributed by atoms with van der Waals surface area (Å²) in [6.07, 6.45) is 0. The van der Waals surface area contributed by atoms with Crippen molar-refractivity contribution in [2.75, 3.05) is 0 Å². The van der Waals surface area contributed by atoms with Crippen LogP contribution in [0.2, 0.25) is 0 Å². The van der Waals surface area contributed by atoms with Crippen molar-refractivity contribution in [3.8, 4) is 0 Å². The van der Waals surface area contributed by atoms with Gasteiger partial charge in [-0.05, 0) is 0 Å². The number of carboxylic acid groups (broad SMARTS) is 2. The third-order valence-electron chi connectivity index (χ3n) is 3.19. The zero-order chi connectivity index (χ0) is 15.3. The van der Waals surface area contributed by atoms with Gasteiger partial charge in [-0.2, -0.15) is 0 Å². The molecule has 0 aromatic heterocycles.